The molecular weight excluding hydrogens is 152 g/mol. The summed E-state index contributed by atoms with van der Waals surface area (Å²) in [5, 5.41) is 1.74. The fourth-order valence-corrected chi connectivity index (χ4v) is 1.35. The Labute approximate surface area is 71.7 Å². The third-order valence-electron chi connectivity index (χ3n) is 1.98. The molecule has 3 heteroatoms. The molecule has 1 aliphatic heterocycles. The maximum absolute atomic E-state index is 5.80. The molecule has 0 aromatic heterocycles. The Kier molecular flexibility index (Phi) is 1.87. The molecule has 1 aromatic rings. The highest BCUT2D eigenvalue weighted by atomic mass is 16.5. The second-order valence-corrected chi connectivity index (χ2v) is 2.86. The Morgan fingerprint density at radius 3 is 3.08 bits per heavy atom. The first-order valence-corrected chi connectivity index (χ1v) is 4.12. The van der Waals surface area contributed by atoms with Crippen LogP contribution < -0.4 is 15.6 Å². The molecule has 12 heavy (non-hydrogen) atoms. The molecule has 0 amide bonds. The summed E-state index contributed by atoms with van der Waals surface area (Å²) in [6, 6.07) is 7.84. The van der Waals surface area contributed by atoms with Crippen LogP contribution in [0.15, 0.2) is 24.3 Å². The van der Waals surface area contributed by atoms with Crippen LogP contribution in [0.5, 0.6) is 5.75 Å². The number of nitrogens with zero attached hydrogens (tertiary/aromatic N) is 1. The summed E-state index contributed by atoms with van der Waals surface area (Å²) < 4.78 is 5.50. The summed E-state index contributed by atoms with van der Waals surface area (Å²) in [5.41, 5.74) is 0.981. The molecule has 0 fully saturated rings. The first-order valence-electron chi connectivity index (χ1n) is 4.12. The monoisotopic (exact) mass is 164 g/mol. The standard InChI is InChI=1S/C9H12N2O/c10-11-6-3-7-12-9-5-2-1-4-8(9)11/h1-2,4-5H,3,6-7,10H2. The van der Waals surface area contributed by atoms with Crippen LogP contribution in [0.3, 0.4) is 0 Å². The van der Waals surface area contributed by atoms with Crippen molar-refractivity contribution in [3.05, 3.63) is 24.3 Å². The lowest BCUT2D eigenvalue weighted by atomic mass is 10.3. The van der Waals surface area contributed by atoms with Gasteiger partial charge in [0, 0.05) is 13.0 Å². The van der Waals surface area contributed by atoms with Crippen molar-refractivity contribution in [3.8, 4) is 5.75 Å². The molecule has 1 aliphatic rings. The molecular formula is C9H12N2O. The summed E-state index contributed by atoms with van der Waals surface area (Å²) in [7, 11) is 0. The van der Waals surface area contributed by atoms with Gasteiger partial charge in [-0.25, -0.2) is 5.84 Å². The molecule has 0 spiro atoms. The summed E-state index contributed by atoms with van der Waals surface area (Å²) >= 11 is 0. The predicted molar refractivity (Wildman–Crippen MR) is 48.1 cm³/mol. The number of hydrazine groups is 1. The Morgan fingerprint density at radius 1 is 1.33 bits per heavy atom. The summed E-state index contributed by atoms with van der Waals surface area (Å²) in [4.78, 5) is 0. The molecule has 64 valence electrons. The fraction of sp³-hybridized carbons (Fsp3) is 0.333. The molecule has 0 unspecified atom stereocenters. The Morgan fingerprint density at radius 2 is 2.17 bits per heavy atom. The van der Waals surface area contributed by atoms with E-state index >= 15 is 0 Å². The molecule has 2 N–H and O–H groups in total. The summed E-state index contributed by atoms with van der Waals surface area (Å²) in [6.45, 7) is 1.61. The minimum atomic E-state index is 0.755. The molecule has 0 bridgehead atoms. The van der Waals surface area contributed by atoms with Crippen molar-refractivity contribution in [2.75, 3.05) is 18.2 Å². The Balaban J connectivity index is 2.39. The van der Waals surface area contributed by atoms with Crippen LogP contribution in [-0.4, -0.2) is 13.2 Å². The van der Waals surface area contributed by atoms with E-state index in [-0.39, 0.29) is 0 Å². The van der Waals surface area contributed by atoms with Gasteiger partial charge in [-0.2, -0.15) is 0 Å². The van der Waals surface area contributed by atoms with Gasteiger partial charge in [0.05, 0.1) is 12.3 Å². The Bertz CT molecular complexity index is 275. The topological polar surface area (TPSA) is 38.5 Å². The van der Waals surface area contributed by atoms with Crippen molar-refractivity contribution in [2.45, 2.75) is 6.42 Å². The molecule has 0 saturated carbocycles. The van der Waals surface area contributed by atoms with Gasteiger partial charge in [0.15, 0.2) is 0 Å². The zero-order valence-corrected chi connectivity index (χ0v) is 6.86. The zero-order valence-electron chi connectivity index (χ0n) is 6.86. The average molecular weight is 164 g/mol. The number of benzene rings is 1. The Hall–Kier alpha value is -1.22. The van der Waals surface area contributed by atoms with Crippen LogP contribution in [0, 0.1) is 0 Å². The second kappa shape index (κ2) is 3.03. The van der Waals surface area contributed by atoms with Crippen LogP contribution >= 0.6 is 0 Å². The number of para-hydroxylation sites is 2. The largest absolute Gasteiger partial charge is 0.491 e. The van der Waals surface area contributed by atoms with E-state index in [1.54, 1.807) is 5.01 Å². The molecule has 1 heterocycles. The minimum Gasteiger partial charge on any atom is -0.491 e. The van der Waals surface area contributed by atoms with Gasteiger partial charge >= 0.3 is 0 Å². The first kappa shape index (κ1) is 7.43. The van der Waals surface area contributed by atoms with E-state index in [9.17, 15) is 0 Å². The predicted octanol–water partition coefficient (Wildman–Crippen LogP) is 1.15. The van der Waals surface area contributed by atoms with Crippen LogP contribution in [0.4, 0.5) is 5.69 Å². The van der Waals surface area contributed by atoms with Crippen molar-refractivity contribution in [2.24, 2.45) is 5.84 Å². The lowest BCUT2D eigenvalue weighted by Crippen LogP contribution is -2.31. The molecule has 0 aliphatic carbocycles. The third kappa shape index (κ3) is 1.23. The molecule has 0 atom stereocenters. The number of hydrogen-bond acceptors (Lipinski definition) is 3. The lowest BCUT2D eigenvalue weighted by Gasteiger charge is -2.16. The van der Waals surface area contributed by atoms with Gasteiger partial charge in [-0.05, 0) is 12.1 Å². The van der Waals surface area contributed by atoms with Gasteiger partial charge in [-0.15, -0.1) is 0 Å². The van der Waals surface area contributed by atoms with Gasteiger partial charge in [-0.1, -0.05) is 12.1 Å². The van der Waals surface area contributed by atoms with Crippen molar-refractivity contribution < 1.29 is 4.74 Å². The number of fused-ring (bicyclic) bond motifs is 1. The average Bonchev–Trinajstić information content (AvgIpc) is 2.29. The number of anilines is 1. The van der Waals surface area contributed by atoms with Gasteiger partial charge in [-0.3, -0.25) is 0 Å². The number of hydrogen-bond donors (Lipinski definition) is 1. The number of rotatable bonds is 0. The highest BCUT2D eigenvalue weighted by molar-refractivity contribution is 5.57. The first-order chi connectivity index (χ1) is 5.88. The maximum Gasteiger partial charge on any atom is 0.143 e. The van der Waals surface area contributed by atoms with E-state index in [1.807, 2.05) is 24.3 Å². The highest BCUT2D eigenvalue weighted by Crippen LogP contribution is 2.27. The van der Waals surface area contributed by atoms with Crippen molar-refractivity contribution >= 4 is 5.69 Å². The van der Waals surface area contributed by atoms with E-state index in [0.717, 1.165) is 31.0 Å². The van der Waals surface area contributed by atoms with E-state index in [4.69, 9.17) is 10.6 Å². The smallest absolute Gasteiger partial charge is 0.143 e. The van der Waals surface area contributed by atoms with Gasteiger partial charge in [0.1, 0.15) is 5.75 Å². The zero-order chi connectivity index (χ0) is 8.39. The van der Waals surface area contributed by atoms with Crippen LogP contribution in [0.25, 0.3) is 0 Å². The SMILES string of the molecule is NN1CCCOc2ccccc21. The van der Waals surface area contributed by atoms with Gasteiger partial charge in [0.2, 0.25) is 0 Å². The van der Waals surface area contributed by atoms with E-state index in [2.05, 4.69) is 0 Å². The minimum absolute atomic E-state index is 0.755. The fourth-order valence-electron chi connectivity index (χ4n) is 1.35. The van der Waals surface area contributed by atoms with Crippen molar-refractivity contribution in [1.82, 2.24) is 0 Å². The molecule has 2 rings (SSSR count). The van der Waals surface area contributed by atoms with Crippen molar-refractivity contribution in [1.29, 1.82) is 0 Å². The second-order valence-electron chi connectivity index (χ2n) is 2.86. The highest BCUT2D eigenvalue weighted by Gasteiger charge is 2.11. The van der Waals surface area contributed by atoms with Crippen LogP contribution in [0.2, 0.25) is 0 Å². The summed E-state index contributed by atoms with van der Waals surface area (Å²) in [5.74, 6) is 6.69. The van der Waals surface area contributed by atoms with E-state index in [1.165, 1.54) is 0 Å². The van der Waals surface area contributed by atoms with Gasteiger partial charge < -0.3 is 9.75 Å². The molecule has 0 saturated heterocycles. The number of nitrogens with two attached hydrogens (primary N) is 1. The van der Waals surface area contributed by atoms with E-state index in [0.29, 0.717) is 0 Å². The normalized spacial score (nSPS) is 16.2. The molecule has 3 nitrogen and oxygen atoms in total. The molecule has 0 radical (unpaired) electrons. The van der Waals surface area contributed by atoms with Crippen LogP contribution in [-0.2, 0) is 0 Å². The van der Waals surface area contributed by atoms with Crippen molar-refractivity contribution in [3.63, 3.8) is 0 Å². The number of ether oxygens (including phenoxy) is 1. The maximum atomic E-state index is 5.80. The van der Waals surface area contributed by atoms with Gasteiger partial charge in [0.25, 0.3) is 0 Å². The van der Waals surface area contributed by atoms with Crippen LogP contribution in [0.1, 0.15) is 6.42 Å². The summed E-state index contributed by atoms with van der Waals surface area (Å²) in [6.07, 6.45) is 0.977. The third-order valence-corrected chi connectivity index (χ3v) is 1.98. The van der Waals surface area contributed by atoms with E-state index < -0.39 is 0 Å². The lowest BCUT2D eigenvalue weighted by molar-refractivity contribution is 0.322. The molecule has 1 aromatic carbocycles. The quantitative estimate of drug-likeness (QED) is 0.584.